The lowest BCUT2D eigenvalue weighted by Gasteiger charge is -2.18. The molecule has 3 atom stereocenters. The van der Waals surface area contributed by atoms with E-state index in [1.165, 1.54) is 42.6 Å². The summed E-state index contributed by atoms with van der Waals surface area (Å²) in [5.74, 6) is 0.0409. The van der Waals surface area contributed by atoms with Gasteiger partial charge in [-0.2, -0.15) is 17.9 Å². The number of hydrogen-bond acceptors (Lipinski definition) is 6. The zero-order chi connectivity index (χ0) is 21.0. The molecule has 0 aliphatic carbocycles. The predicted molar refractivity (Wildman–Crippen MR) is 89.0 cm³/mol. The molecule has 7 nitrogen and oxygen atoms in total. The highest BCUT2D eigenvalue weighted by Crippen LogP contribution is 2.29. The van der Waals surface area contributed by atoms with Crippen LogP contribution in [0.25, 0.3) is 11.1 Å². The van der Waals surface area contributed by atoms with E-state index in [9.17, 15) is 27.1 Å². The van der Waals surface area contributed by atoms with E-state index in [4.69, 9.17) is 0 Å². The largest absolute Gasteiger partial charge is 0.484 e. The van der Waals surface area contributed by atoms with Crippen LogP contribution in [-0.2, 0) is 0 Å². The molecule has 3 unspecified atom stereocenters. The Hall–Kier alpha value is -3.15. The monoisotopic (exact) mass is 415 g/mol. The molecule has 12 heteroatoms. The van der Waals surface area contributed by atoms with Crippen LogP contribution in [0.3, 0.4) is 0 Å². The first-order valence-electron chi connectivity index (χ1n) is 8.19. The number of benzene rings is 1. The normalized spacial score (nSPS) is 15.0. The van der Waals surface area contributed by atoms with Crippen molar-refractivity contribution in [1.29, 1.82) is 0 Å². The highest BCUT2D eigenvalue weighted by atomic mass is 19.4. The first-order valence-corrected chi connectivity index (χ1v) is 8.19. The maximum atomic E-state index is 14.4. The molecule has 0 fully saturated rings. The Kier molecular flexibility index (Phi) is 6.01. The van der Waals surface area contributed by atoms with Crippen molar-refractivity contribution in [2.24, 2.45) is 0 Å². The van der Waals surface area contributed by atoms with Crippen LogP contribution < -0.4 is 4.74 Å². The minimum atomic E-state index is -4.44. The van der Waals surface area contributed by atoms with Gasteiger partial charge in [0.25, 0.3) is 0 Å². The van der Waals surface area contributed by atoms with Crippen molar-refractivity contribution in [1.82, 2.24) is 25.2 Å². The number of ether oxygens (including phenoxy) is 1. The van der Waals surface area contributed by atoms with E-state index in [1.807, 2.05) is 0 Å². The third kappa shape index (κ3) is 5.22. The molecule has 0 saturated carbocycles. The lowest BCUT2D eigenvalue weighted by molar-refractivity contribution is -0.153. The fourth-order valence-electron chi connectivity index (χ4n) is 2.40. The lowest BCUT2D eigenvalue weighted by atomic mass is 10.1. The van der Waals surface area contributed by atoms with Gasteiger partial charge in [0.2, 0.25) is 6.30 Å². The van der Waals surface area contributed by atoms with E-state index < -0.39 is 31.4 Å². The van der Waals surface area contributed by atoms with Crippen molar-refractivity contribution in [3.05, 3.63) is 54.6 Å². The van der Waals surface area contributed by atoms with Crippen LogP contribution in [0.5, 0.6) is 5.75 Å². The summed E-state index contributed by atoms with van der Waals surface area (Å²) < 4.78 is 70.1. The minimum Gasteiger partial charge on any atom is -0.484 e. The van der Waals surface area contributed by atoms with Crippen molar-refractivity contribution in [3.8, 4) is 16.9 Å². The van der Waals surface area contributed by atoms with Gasteiger partial charge in [0, 0.05) is 11.8 Å². The Morgan fingerprint density at radius 3 is 2.28 bits per heavy atom. The fraction of sp³-hybridized carbons (Fsp3) is 0.294. The van der Waals surface area contributed by atoms with Crippen molar-refractivity contribution in [2.75, 3.05) is 6.61 Å². The van der Waals surface area contributed by atoms with Crippen LogP contribution in [0, 0.1) is 0 Å². The summed E-state index contributed by atoms with van der Waals surface area (Å²) in [5, 5.41) is 19.5. The Bertz CT molecular complexity index is 903. The van der Waals surface area contributed by atoms with Crippen LogP contribution in [0.2, 0.25) is 0 Å². The van der Waals surface area contributed by atoms with Gasteiger partial charge in [0.15, 0.2) is 12.8 Å². The molecule has 2 aromatic heterocycles. The Labute approximate surface area is 160 Å². The highest BCUT2D eigenvalue weighted by molar-refractivity contribution is 5.63. The second-order valence-corrected chi connectivity index (χ2v) is 5.95. The summed E-state index contributed by atoms with van der Waals surface area (Å²) >= 11 is 0. The molecule has 0 aliphatic rings. The van der Waals surface area contributed by atoms with Crippen LogP contribution >= 0.6 is 0 Å². The summed E-state index contributed by atoms with van der Waals surface area (Å²) in [4.78, 5) is 3.89. The quantitative estimate of drug-likeness (QED) is 0.597. The smallest absolute Gasteiger partial charge is 0.422 e. The van der Waals surface area contributed by atoms with Crippen LogP contribution in [0.1, 0.15) is 18.2 Å². The van der Waals surface area contributed by atoms with E-state index in [-0.39, 0.29) is 11.4 Å². The molecule has 0 aliphatic heterocycles. The molecule has 154 valence electrons. The second kappa shape index (κ2) is 8.47. The van der Waals surface area contributed by atoms with E-state index >= 15 is 0 Å². The minimum absolute atomic E-state index is 0.0409. The molecule has 0 amide bonds. The van der Waals surface area contributed by atoms with E-state index in [1.54, 1.807) is 0 Å². The Morgan fingerprint density at radius 2 is 1.72 bits per heavy atom. The van der Waals surface area contributed by atoms with Crippen molar-refractivity contribution < 1.29 is 31.8 Å². The average Bonchev–Trinajstić information content (AvgIpc) is 3.25. The molecule has 0 spiro atoms. The summed E-state index contributed by atoms with van der Waals surface area (Å²) in [6.45, 7) is -1.40. The van der Waals surface area contributed by atoms with Gasteiger partial charge in [-0.15, -0.1) is 5.10 Å². The number of aromatic nitrogens is 5. The average molecular weight is 415 g/mol. The van der Waals surface area contributed by atoms with Crippen molar-refractivity contribution >= 4 is 0 Å². The maximum absolute atomic E-state index is 14.4. The summed E-state index contributed by atoms with van der Waals surface area (Å²) in [6.07, 6.45) is -8.66. The van der Waals surface area contributed by atoms with Crippen LogP contribution in [-0.4, -0.2) is 49.2 Å². The predicted octanol–water partition coefficient (Wildman–Crippen LogP) is 3.22. The molecule has 1 aromatic carbocycles. The molecule has 1 N–H and O–H groups in total. The van der Waals surface area contributed by atoms with Gasteiger partial charge < -0.3 is 9.84 Å². The third-order valence-corrected chi connectivity index (χ3v) is 3.86. The number of nitrogens with zero attached hydrogens (tertiary/aromatic N) is 5. The SMILES string of the molecule is OC(C(F)c1ccc(-c2ccc(OCC(F)(F)F)cc2)cn1)C(F)n1cnnn1. The molecule has 29 heavy (non-hydrogen) atoms. The number of hydrogen-bond donors (Lipinski definition) is 1. The second-order valence-electron chi connectivity index (χ2n) is 5.95. The number of pyridine rings is 1. The first kappa shape index (κ1) is 20.6. The fourth-order valence-corrected chi connectivity index (χ4v) is 2.40. The molecule has 2 heterocycles. The summed E-state index contributed by atoms with van der Waals surface area (Å²) in [5.41, 5.74) is 0.925. The maximum Gasteiger partial charge on any atom is 0.422 e. The van der Waals surface area contributed by atoms with Gasteiger partial charge in [-0.05, 0) is 34.2 Å². The standard InChI is InChI=1S/C17H14F5N5O2/c18-14(15(28)16(19)27-9-24-25-26-27)13-6-3-11(7-23-13)10-1-4-12(5-2-10)29-8-17(20,21)22/h1-7,9,14-16,28H,8H2. The number of aliphatic hydroxyl groups is 1. The van der Waals surface area contributed by atoms with E-state index in [0.29, 0.717) is 15.8 Å². The van der Waals surface area contributed by atoms with Crippen molar-refractivity contribution in [3.63, 3.8) is 0 Å². The lowest BCUT2D eigenvalue weighted by Crippen LogP contribution is -2.26. The van der Waals surface area contributed by atoms with Gasteiger partial charge in [-0.1, -0.05) is 18.2 Å². The van der Waals surface area contributed by atoms with Crippen LogP contribution in [0.4, 0.5) is 22.0 Å². The molecule has 3 aromatic rings. The van der Waals surface area contributed by atoms with Gasteiger partial charge in [0.1, 0.15) is 18.2 Å². The summed E-state index contributed by atoms with van der Waals surface area (Å²) in [7, 11) is 0. The van der Waals surface area contributed by atoms with Gasteiger partial charge in [-0.25, -0.2) is 8.78 Å². The topological polar surface area (TPSA) is 86.0 Å². The Morgan fingerprint density at radius 1 is 1.03 bits per heavy atom. The summed E-state index contributed by atoms with van der Waals surface area (Å²) in [6, 6.07) is 8.49. The zero-order valence-electron chi connectivity index (χ0n) is 14.5. The van der Waals surface area contributed by atoms with Gasteiger partial charge >= 0.3 is 6.18 Å². The third-order valence-electron chi connectivity index (χ3n) is 3.86. The van der Waals surface area contributed by atoms with Gasteiger partial charge in [0.05, 0.1) is 5.69 Å². The first-order chi connectivity index (χ1) is 13.7. The number of alkyl halides is 5. The van der Waals surface area contributed by atoms with Gasteiger partial charge in [-0.3, -0.25) is 4.98 Å². The number of rotatable bonds is 7. The Balaban J connectivity index is 1.66. The molecule has 0 bridgehead atoms. The van der Waals surface area contributed by atoms with E-state index in [2.05, 4.69) is 25.2 Å². The number of tetrazole rings is 1. The molecular formula is C17H14F5N5O2. The zero-order valence-corrected chi connectivity index (χ0v) is 14.5. The van der Waals surface area contributed by atoms with Crippen LogP contribution in [0.15, 0.2) is 48.9 Å². The molecular weight excluding hydrogens is 401 g/mol. The highest BCUT2D eigenvalue weighted by Gasteiger charge is 2.32. The molecule has 0 radical (unpaired) electrons. The molecule has 3 rings (SSSR count). The number of halogens is 5. The van der Waals surface area contributed by atoms with Crippen molar-refractivity contribution in [2.45, 2.75) is 24.7 Å². The van der Waals surface area contributed by atoms with E-state index in [0.717, 1.165) is 6.33 Å². The molecule has 0 saturated heterocycles. The number of aliphatic hydroxyl groups excluding tert-OH is 1.